The predicted molar refractivity (Wildman–Crippen MR) is 79.8 cm³/mol. The lowest BCUT2D eigenvalue weighted by molar-refractivity contribution is -0.212. The van der Waals surface area contributed by atoms with E-state index in [1.807, 2.05) is 6.07 Å². The molecular weight excluding hydrogens is 310 g/mol. The molecule has 1 aliphatic rings. The van der Waals surface area contributed by atoms with Gasteiger partial charge in [-0.3, -0.25) is 4.79 Å². The van der Waals surface area contributed by atoms with Gasteiger partial charge in [0.15, 0.2) is 0 Å². The highest BCUT2D eigenvalue weighted by atomic mass is 32.2. The minimum absolute atomic E-state index is 0.0774. The third-order valence-electron chi connectivity index (χ3n) is 3.66. The minimum atomic E-state index is -3.82. The molecule has 2 N–H and O–H groups in total. The zero-order valence-corrected chi connectivity index (χ0v) is 12.6. The van der Waals surface area contributed by atoms with E-state index in [1.54, 1.807) is 18.2 Å². The van der Waals surface area contributed by atoms with Crippen molar-refractivity contribution in [1.82, 2.24) is 0 Å². The first kappa shape index (κ1) is 16.7. The average Bonchev–Trinajstić information content (AvgIpc) is 2.46. The van der Waals surface area contributed by atoms with Crippen LogP contribution in [0.2, 0.25) is 0 Å². The van der Waals surface area contributed by atoms with Gasteiger partial charge in [0.05, 0.1) is 11.8 Å². The van der Waals surface area contributed by atoms with Crippen molar-refractivity contribution in [2.45, 2.75) is 42.1 Å². The van der Waals surface area contributed by atoms with Crippen LogP contribution in [0.1, 0.15) is 25.7 Å². The second kappa shape index (κ2) is 6.63. The number of halogens is 2. The van der Waals surface area contributed by atoms with Crippen molar-refractivity contribution in [3.05, 3.63) is 24.3 Å². The van der Waals surface area contributed by atoms with Gasteiger partial charge in [-0.15, -0.1) is 11.8 Å². The molecular formula is C15H16F2N2O2S. The summed E-state index contributed by atoms with van der Waals surface area (Å²) < 4.78 is 28.1. The van der Waals surface area contributed by atoms with Crippen LogP contribution in [0.4, 0.5) is 14.5 Å². The van der Waals surface area contributed by atoms with Gasteiger partial charge < -0.3 is 10.4 Å². The fourth-order valence-electron chi connectivity index (χ4n) is 2.14. The van der Waals surface area contributed by atoms with Crippen molar-refractivity contribution in [2.24, 2.45) is 0 Å². The van der Waals surface area contributed by atoms with Crippen LogP contribution in [0.25, 0.3) is 0 Å². The zero-order chi connectivity index (χ0) is 16.2. The first-order valence-electron chi connectivity index (χ1n) is 6.91. The number of nitriles is 1. The summed E-state index contributed by atoms with van der Waals surface area (Å²) in [5.41, 5.74) is -1.97. The van der Waals surface area contributed by atoms with Crippen LogP contribution >= 0.6 is 11.8 Å². The summed E-state index contributed by atoms with van der Waals surface area (Å²) in [7, 11) is 0. The highest BCUT2D eigenvalue weighted by Crippen LogP contribution is 2.45. The molecule has 22 heavy (non-hydrogen) atoms. The van der Waals surface area contributed by atoms with Crippen molar-refractivity contribution in [1.29, 1.82) is 5.26 Å². The lowest BCUT2D eigenvalue weighted by Gasteiger charge is -2.41. The Hall–Kier alpha value is -1.65. The number of nitrogens with one attached hydrogen (secondary N) is 1. The van der Waals surface area contributed by atoms with Crippen LogP contribution in [0.15, 0.2) is 29.2 Å². The molecule has 1 amide bonds. The largest absolute Gasteiger partial charge is 0.383 e. The molecule has 1 aliphatic carbocycles. The van der Waals surface area contributed by atoms with Gasteiger partial charge in [0.25, 0.3) is 5.91 Å². The Morgan fingerprint density at radius 3 is 2.73 bits per heavy atom. The van der Waals surface area contributed by atoms with E-state index < -0.39 is 17.4 Å². The Morgan fingerprint density at radius 1 is 1.45 bits per heavy atom. The van der Waals surface area contributed by atoms with Crippen molar-refractivity contribution >= 4 is 23.4 Å². The minimum Gasteiger partial charge on any atom is -0.383 e. The summed E-state index contributed by atoms with van der Waals surface area (Å²) in [5.74, 6) is -4.82. The van der Waals surface area contributed by atoms with Crippen LogP contribution in [0.5, 0.6) is 0 Å². The Labute approximate surface area is 131 Å². The van der Waals surface area contributed by atoms with Crippen LogP contribution in [-0.2, 0) is 4.79 Å². The Kier molecular flexibility index (Phi) is 5.04. The number of amides is 1. The monoisotopic (exact) mass is 326 g/mol. The summed E-state index contributed by atoms with van der Waals surface area (Å²) in [4.78, 5) is 12.5. The summed E-state index contributed by atoms with van der Waals surface area (Å²) in [6.45, 7) is 0. The van der Waals surface area contributed by atoms with Crippen LogP contribution in [-0.4, -0.2) is 28.3 Å². The molecule has 1 aromatic carbocycles. The van der Waals surface area contributed by atoms with E-state index in [-0.39, 0.29) is 18.5 Å². The van der Waals surface area contributed by atoms with Gasteiger partial charge in [-0.05, 0) is 31.4 Å². The van der Waals surface area contributed by atoms with Gasteiger partial charge in [0, 0.05) is 17.1 Å². The van der Waals surface area contributed by atoms with Crippen LogP contribution < -0.4 is 5.32 Å². The highest BCUT2D eigenvalue weighted by molar-refractivity contribution is 7.99. The molecule has 0 radical (unpaired) electrons. The average molecular weight is 326 g/mol. The molecule has 0 heterocycles. The smallest absolute Gasteiger partial charge is 0.352 e. The molecule has 1 aromatic rings. The zero-order valence-electron chi connectivity index (χ0n) is 11.8. The number of para-hydroxylation sites is 1. The SMILES string of the molecule is N#CCCSc1ccccc1NC(=O)C(F)(F)C1(O)CCC1. The molecule has 1 fully saturated rings. The number of rotatable bonds is 6. The van der Waals surface area contributed by atoms with Gasteiger partial charge in [-0.1, -0.05) is 12.1 Å². The molecule has 0 unspecified atom stereocenters. The third-order valence-corrected chi connectivity index (χ3v) is 4.73. The van der Waals surface area contributed by atoms with Gasteiger partial charge in [-0.25, -0.2) is 0 Å². The predicted octanol–water partition coefficient (Wildman–Crippen LogP) is 3.18. The Bertz CT molecular complexity index is 597. The molecule has 0 spiro atoms. The number of hydrogen-bond acceptors (Lipinski definition) is 4. The third kappa shape index (κ3) is 3.23. The Morgan fingerprint density at radius 2 is 2.14 bits per heavy atom. The molecule has 0 aromatic heterocycles. The van der Waals surface area contributed by atoms with Crippen molar-refractivity contribution in [3.8, 4) is 6.07 Å². The number of carbonyl (C=O) groups is 1. The maximum Gasteiger partial charge on any atom is 0.352 e. The van der Waals surface area contributed by atoms with E-state index in [1.165, 1.54) is 17.8 Å². The molecule has 0 bridgehead atoms. The van der Waals surface area contributed by atoms with Crippen molar-refractivity contribution in [2.75, 3.05) is 11.1 Å². The molecule has 0 atom stereocenters. The van der Waals surface area contributed by atoms with E-state index >= 15 is 0 Å². The van der Waals surface area contributed by atoms with Gasteiger partial charge in [0.2, 0.25) is 0 Å². The van der Waals surface area contributed by atoms with E-state index in [2.05, 4.69) is 5.32 Å². The lowest BCUT2D eigenvalue weighted by atomic mass is 9.75. The van der Waals surface area contributed by atoms with Crippen LogP contribution in [0.3, 0.4) is 0 Å². The van der Waals surface area contributed by atoms with E-state index in [4.69, 9.17) is 5.26 Å². The maximum absolute atomic E-state index is 14.1. The first-order valence-corrected chi connectivity index (χ1v) is 7.90. The number of anilines is 1. The summed E-state index contributed by atoms with van der Waals surface area (Å²) >= 11 is 1.31. The molecule has 1 saturated carbocycles. The molecule has 2 rings (SSSR count). The number of thioether (sulfide) groups is 1. The number of benzene rings is 1. The summed E-state index contributed by atoms with van der Waals surface area (Å²) in [5, 5.41) is 20.5. The second-order valence-corrected chi connectivity index (χ2v) is 6.30. The van der Waals surface area contributed by atoms with Crippen LogP contribution in [0, 0.1) is 11.3 Å². The van der Waals surface area contributed by atoms with Gasteiger partial charge >= 0.3 is 5.92 Å². The standard InChI is InChI=1S/C15H16F2N2O2S/c16-15(17,14(21)7-3-8-14)13(20)19-11-5-1-2-6-12(11)22-10-4-9-18/h1-2,5-6,21H,3-4,7-8,10H2,(H,19,20). The highest BCUT2D eigenvalue weighted by Gasteiger charge is 2.61. The normalized spacial score (nSPS) is 16.5. The van der Waals surface area contributed by atoms with E-state index in [9.17, 15) is 18.7 Å². The molecule has 0 aliphatic heterocycles. The topological polar surface area (TPSA) is 73.1 Å². The number of alkyl halides is 2. The number of nitrogens with zero attached hydrogens (tertiary/aromatic N) is 1. The lowest BCUT2D eigenvalue weighted by Crippen LogP contribution is -2.59. The maximum atomic E-state index is 14.1. The molecule has 4 nitrogen and oxygen atoms in total. The van der Waals surface area contributed by atoms with Crippen molar-refractivity contribution in [3.63, 3.8) is 0 Å². The first-order chi connectivity index (χ1) is 10.4. The number of aliphatic hydroxyl groups is 1. The van der Waals surface area contributed by atoms with E-state index in [0.29, 0.717) is 23.5 Å². The quantitative estimate of drug-likeness (QED) is 0.622. The summed E-state index contributed by atoms with van der Waals surface area (Å²) in [6.07, 6.45) is 0.654. The van der Waals surface area contributed by atoms with Crippen molar-refractivity contribution < 1.29 is 18.7 Å². The summed E-state index contributed by atoms with van der Waals surface area (Å²) in [6, 6.07) is 8.56. The Balaban J connectivity index is 2.10. The molecule has 7 heteroatoms. The molecule has 118 valence electrons. The van der Waals surface area contributed by atoms with Gasteiger partial charge in [0.1, 0.15) is 5.60 Å². The van der Waals surface area contributed by atoms with E-state index in [0.717, 1.165) is 0 Å². The fraction of sp³-hybridized carbons (Fsp3) is 0.467. The van der Waals surface area contributed by atoms with Gasteiger partial charge in [-0.2, -0.15) is 14.0 Å². The second-order valence-electron chi connectivity index (χ2n) is 5.17. The fourth-order valence-corrected chi connectivity index (χ4v) is 3.00. The number of carbonyl (C=O) groups excluding carboxylic acids is 1. The number of hydrogen-bond donors (Lipinski definition) is 2. The molecule has 0 saturated heterocycles.